The topological polar surface area (TPSA) is 15.3 Å². The lowest BCUT2D eigenvalue weighted by Gasteiger charge is -2.20. The molecule has 2 aromatic carbocycles. The molecular formula is C16H17FN2. The van der Waals surface area contributed by atoms with E-state index in [1.54, 1.807) is 12.1 Å². The number of hydrogen-bond donors (Lipinski definition) is 1. The summed E-state index contributed by atoms with van der Waals surface area (Å²) in [5.41, 5.74) is 4.76. The third kappa shape index (κ3) is 2.55. The van der Waals surface area contributed by atoms with Gasteiger partial charge in [-0.3, -0.25) is 0 Å². The molecule has 98 valence electrons. The Morgan fingerprint density at radius 2 is 2.11 bits per heavy atom. The number of rotatable bonds is 3. The predicted octanol–water partition coefficient (Wildman–Crippen LogP) is 3.43. The van der Waals surface area contributed by atoms with Crippen molar-refractivity contribution in [3.63, 3.8) is 0 Å². The fourth-order valence-corrected chi connectivity index (χ4v) is 2.52. The quantitative estimate of drug-likeness (QED) is 0.905. The van der Waals surface area contributed by atoms with E-state index in [1.165, 1.54) is 22.9 Å². The highest BCUT2D eigenvalue weighted by molar-refractivity contribution is 5.57. The average Bonchev–Trinajstić information content (AvgIpc) is 2.86. The van der Waals surface area contributed by atoms with Crippen molar-refractivity contribution in [1.82, 2.24) is 0 Å². The van der Waals surface area contributed by atoms with Gasteiger partial charge in [0.15, 0.2) is 0 Å². The zero-order valence-electron chi connectivity index (χ0n) is 11.0. The molecule has 0 aliphatic carbocycles. The molecule has 19 heavy (non-hydrogen) atoms. The summed E-state index contributed by atoms with van der Waals surface area (Å²) in [5, 5.41) is 3.38. The standard InChI is InChI=1S/C16H17FN2/c1-19(15-4-2-3-14(17)10-15)11-12-5-6-13-7-8-18-16(13)9-12/h2-6,9-10,18H,7-8,11H2,1H3. The highest BCUT2D eigenvalue weighted by atomic mass is 19.1. The normalized spacial score (nSPS) is 12.9. The van der Waals surface area contributed by atoms with Crippen LogP contribution >= 0.6 is 0 Å². The molecule has 3 rings (SSSR count). The number of fused-ring (bicyclic) bond motifs is 1. The van der Waals surface area contributed by atoms with E-state index in [1.807, 2.05) is 13.1 Å². The summed E-state index contributed by atoms with van der Waals surface area (Å²) in [6.07, 6.45) is 1.11. The van der Waals surface area contributed by atoms with Gasteiger partial charge >= 0.3 is 0 Å². The molecule has 1 N–H and O–H groups in total. The summed E-state index contributed by atoms with van der Waals surface area (Å²) in [5.74, 6) is -0.194. The lowest BCUT2D eigenvalue weighted by Crippen LogP contribution is -2.16. The highest BCUT2D eigenvalue weighted by Gasteiger charge is 2.11. The number of nitrogens with zero attached hydrogens (tertiary/aromatic N) is 1. The van der Waals surface area contributed by atoms with E-state index < -0.39 is 0 Å². The van der Waals surface area contributed by atoms with Gasteiger partial charge in [0.1, 0.15) is 5.82 Å². The second-order valence-corrected chi connectivity index (χ2v) is 5.00. The van der Waals surface area contributed by atoms with Crippen molar-refractivity contribution in [2.45, 2.75) is 13.0 Å². The molecule has 0 amide bonds. The van der Waals surface area contributed by atoms with Crippen molar-refractivity contribution >= 4 is 11.4 Å². The van der Waals surface area contributed by atoms with Gasteiger partial charge in [-0.1, -0.05) is 18.2 Å². The summed E-state index contributed by atoms with van der Waals surface area (Å²) in [7, 11) is 1.98. The molecule has 0 atom stereocenters. The van der Waals surface area contributed by atoms with Crippen LogP contribution in [0.3, 0.4) is 0 Å². The van der Waals surface area contributed by atoms with E-state index in [0.29, 0.717) is 0 Å². The zero-order valence-corrected chi connectivity index (χ0v) is 11.0. The molecule has 1 heterocycles. The SMILES string of the molecule is CN(Cc1ccc2c(c1)NCC2)c1cccc(F)c1. The molecule has 2 aromatic rings. The zero-order chi connectivity index (χ0) is 13.2. The van der Waals surface area contributed by atoms with Crippen LogP contribution in [-0.2, 0) is 13.0 Å². The lowest BCUT2D eigenvalue weighted by atomic mass is 10.1. The molecule has 1 aliphatic rings. The Labute approximate surface area is 112 Å². The average molecular weight is 256 g/mol. The fraction of sp³-hybridized carbons (Fsp3) is 0.250. The van der Waals surface area contributed by atoms with Crippen LogP contribution in [0.5, 0.6) is 0 Å². The summed E-state index contributed by atoms with van der Waals surface area (Å²) < 4.78 is 13.2. The molecule has 0 saturated carbocycles. The van der Waals surface area contributed by atoms with Crippen molar-refractivity contribution < 1.29 is 4.39 Å². The van der Waals surface area contributed by atoms with Gasteiger partial charge in [0.05, 0.1) is 0 Å². The van der Waals surface area contributed by atoms with E-state index in [2.05, 4.69) is 28.4 Å². The van der Waals surface area contributed by atoms with Crippen LogP contribution in [0.4, 0.5) is 15.8 Å². The third-order valence-corrected chi connectivity index (χ3v) is 3.55. The largest absolute Gasteiger partial charge is 0.384 e. The molecule has 0 fully saturated rings. The Balaban J connectivity index is 1.77. The van der Waals surface area contributed by atoms with Crippen LogP contribution in [0.15, 0.2) is 42.5 Å². The van der Waals surface area contributed by atoms with Crippen LogP contribution < -0.4 is 10.2 Å². The van der Waals surface area contributed by atoms with Crippen molar-refractivity contribution in [3.05, 3.63) is 59.4 Å². The van der Waals surface area contributed by atoms with Crippen molar-refractivity contribution in [1.29, 1.82) is 0 Å². The number of anilines is 2. The first-order valence-electron chi connectivity index (χ1n) is 6.55. The number of halogens is 1. The second kappa shape index (κ2) is 4.92. The second-order valence-electron chi connectivity index (χ2n) is 5.00. The molecule has 3 heteroatoms. The number of benzene rings is 2. The molecule has 2 nitrogen and oxygen atoms in total. The minimum absolute atomic E-state index is 0.194. The van der Waals surface area contributed by atoms with E-state index in [4.69, 9.17) is 0 Å². The van der Waals surface area contributed by atoms with Gasteiger partial charge in [-0.25, -0.2) is 4.39 Å². The molecule has 0 aromatic heterocycles. The van der Waals surface area contributed by atoms with E-state index in [-0.39, 0.29) is 5.82 Å². The lowest BCUT2D eigenvalue weighted by molar-refractivity contribution is 0.627. The van der Waals surface area contributed by atoms with Crippen LogP contribution in [0, 0.1) is 5.82 Å². The Morgan fingerprint density at radius 3 is 2.95 bits per heavy atom. The van der Waals surface area contributed by atoms with Gasteiger partial charge in [0.25, 0.3) is 0 Å². The first-order valence-corrected chi connectivity index (χ1v) is 6.55. The maximum Gasteiger partial charge on any atom is 0.125 e. The third-order valence-electron chi connectivity index (χ3n) is 3.55. The van der Waals surface area contributed by atoms with Crippen molar-refractivity contribution in [2.24, 2.45) is 0 Å². The van der Waals surface area contributed by atoms with Crippen LogP contribution in [0.2, 0.25) is 0 Å². The van der Waals surface area contributed by atoms with Crippen LogP contribution in [0.1, 0.15) is 11.1 Å². The molecule has 0 unspecified atom stereocenters. The molecule has 0 saturated heterocycles. The summed E-state index contributed by atoms with van der Waals surface area (Å²) in [4.78, 5) is 2.06. The van der Waals surface area contributed by atoms with E-state index in [0.717, 1.165) is 25.2 Å². The molecule has 0 bridgehead atoms. The summed E-state index contributed by atoms with van der Waals surface area (Å²) in [6, 6.07) is 13.2. The van der Waals surface area contributed by atoms with Crippen LogP contribution in [-0.4, -0.2) is 13.6 Å². The molecule has 1 aliphatic heterocycles. The monoisotopic (exact) mass is 256 g/mol. The summed E-state index contributed by atoms with van der Waals surface area (Å²) in [6.45, 7) is 1.80. The first-order chi connectivity index (χ1) is 9.22. The van der Waals surface area contributed by atoms with Gasteiger partial charge in [0, 0.05) is 31.5 Å². The fourth-order valence-electron chi connectivity index (χ4n) is 2.52. The predicted molar refractivity (Wildman–Crippen MR) is 77.1 cm³/mol. The maximum atomic E-state index is 13.2. The molecule has 0 radical (unpaired) electrons. The molecular weight excluding hydrogens is 239 g/mol. The van der Waals surface area contributed by atoms with Gasteiger partial charge in [0.2, 0.25) is 0 Å². The summed E-state index contributed by atoms with van der Waals surface area (Å²) >= 11 is 0. The number of hydrogen-bond acceptors (Lipinski definition) is 2. The van der Waals surface area contributed by atoms with E-state index in [9.17, 15) is 4.39 Å². The maximum absolute atomic E-state index is 13.2. The first kappa shape index (κ1) is 12.0. The minimum Gasteiger partial charge on any atom is -0.384 e. The Morgan fingerprint density at radius 1 is 1.21 bits per heavy atom. The van der Waals surface area contributed by atoms with Gasteiger partial charge < -0.3 is 10.2 Å². The van der Waals surface area contributed by atoms with Gasteiger partial charge in [-0.05, 0) is 41.8 Å². The van der Waals surface area contributed by atoms with Gasteiger partial charge in [-0.15, -0.1) is 0 Å². The Kier molecular flexibility index (Phi) is 3.11. The molecule has 0 spiro atoms. The van der Waals surface area contributed by atoms with Crippen molar-refractivity contribution in [3.8, 4) is 0 Å². The van der Waals surface area contributed by atoms with Crippen LogP contribution in [0.25, 0.3) is 0 Å². The highest BCUT2D eigenvalue weighted by Crippen LogP contribution is 2.24. The smallest absolute Gasteiger partial charge is 0.125 e. The minimum atomic E-state index is -0.194. The Hall–Kier alpha value is -2.03. The Bertz CT molecular complexity index is 595. The van der Waals surface area contributed by atoms with E-state index >= 15 is 0 Å². The van der Waals surface area contributed by atoms with Gasteiger partial charge in [-0.2, -0.15) is 0 Å². The number of nitrogens with one attached hydrogen (secondary N) is 1. The van der Waals surface area contributed by atoms with Crippen molar-refractivity contribution in [2.75, 3.05) is 23.8 Å².